The third-order valence-corrected chi connectivity index (χ3v) is 4.53. The lowest BCUT2D eigenvalue weighted by Crippen LogP contribution is -2.01. The van der Waals surface area contributed by atoms with Crippen molar-refractivity contribution in [1.82, 2.24) is 4.98 Å². The van der Waals surface area contributed by atoms with Gasteiger partial charge < -0.3 is 0 Å². The van der Waals surface area contributed by atoms with Crippen LogP contribution in [0.15, 0.2) is 6.20 Å². The van der Waals surface area contributed by atoms with Crippen molar-refractivity contribution < 1.29 is 0 Å². The van der Waals surface area contributed by atoms with Gasteiger partial charge >= 0.3 is 0 Å². The smallest absolute Gasteiger partial charge is 0.0595 e. The maximum atomic E-state index is 4.58. The van der Waals surface area contributed by atoms with Gasteiger partial charge in [0.05, 0.1) is 5.43 Å². The number of aromatic nitrogens is 1. The summed E-state index contributed by atoms with van der Waals surface area (Å²) < 4.78 is 0. The normalized spacial score (nSPS) is 20.9. The Morgan fingerprint density at radius 3 is 2.36 bits per heavy atom. The molecule has 1 unspecified atom stereocenters. The fourth-order valence-electron chi connectivity index (χ4n) is 2.37. The summed E-state index contributed by atoms with van der Waals surface area (Å²) in [6.07, 6.45) is 12.1. The molecule has 1 aromatic heterocycles. The third-order valence-electron chi connectivity index (χ3n) is 3.21. The summed E-state index contributed by atoms with van der Waals surface area (Å²) in [5.74, 6) is 0.822. The molecule has 14 heavy (non-hydrogen) atoms. The Balaban J connectivity index is 2.00. The van der Waals surface area contributed by atoms with E-state index in [-0.39, 0.29) is 0 Å². The molecular weight excluding hydrogens is 189 g/mol. The Morgan fingerprint density at radius 2 is 1.79 bits per heavy atom. The van der Waals surface area contributed by atoms with Crippen molar-refractivity contribution in [2.75, 3.05) is 0 Å². The van der Waals surface area contributed by atoms with Crippen molar-refractivity contribution in [3.8, 4) is 0 Å². The van der Waals surface area contributed by atoms with Crippen molar-refractivity contribution in [1.29, 1.82) is 0 Å². The fraction of sp³-hybridized carbons (Fsp3) is 0.750. The largest absolute Gasteiger partial charge is 0.256 e. The molecule has 2 rings (SSSR count). The molecule has 1 heterocycles. The lowest BCUT2D eigenvalue weighted by Gasteiger charge is -2.17. The molecule has 1 aliphatic carbocycles. The van der Waals surface area contributed by atoms with Crippen LogP contribution in [0, 0.1) is 6.92 Å². The lowest BCUT2D eigenvalue weighted by atomic mass is 9.92. The average molecular weight is 209 g/mol. The van der Waals surface area contributed by atoms with Crippen molar-refractivity contribution in [3.63, 3.8) is 0 Å². The second kappa shape index (κ2) is 4.98. The summed E-state index contributed by atoms with van der Waals surface area (Å²) in [5.41, 5.74) is 1.50. The molecule has 0 N–H and O–H groups in total. The van der Waals surface area contributed by atoms with E-state index in [0.29, 0.717) is 0 Å². The Hall–Kier alpha value is -0.290. The Kier molecular flexibility index (Phi) is 3.64. The van der Waals surface area contributed by atoms with Crippen molar-refractivity contribution in [3.05, 3.63) is 16.9 Å². The van der Waals surface area contributed by atoms with Gasteiger partial charge in [0.15, 0.2) is 0 Å². The molecule has 78 valence electrons. The van der Waals surface area contributed by atoms with Gasteiger partial charge in [0.1, 0.15) is 0 Å². The number of rotatable bonds is 1. The maximum absolute atomic E-state index is 4.58. The molecule has 0 aliphatic heterocycles. The number of hydrogen-bond donors (Lipinski definition) is 0. The summed E-state index contributed by atoms with van der Waals surface area (Å²) in [7, 11) is 0.910. The van der Waals surface area contributed by atoms with Crippen LogP contribution < -0.4 is 0 Å². The van der Waals surface area contributed by atoms with Crippen LogP contribution in [0.1, 0.15) is 61.6 Å². The van der Waals surface area contributed by atoms with Crippen molar-refractivity contribution >= 4 is 8.19 Å². The van der Waals surface area contributed by atoms with E-state index in [9.17, 15) is 0 Å². The molecule has 1 aromatic rings. The molecule has 1 saturated carbocycles. The first-order valence-corrected chi connectivity index (χ1v) is 6.88. The molecule has 1 fully saturated rings. The first-order valence-electron chi connectivity index (χ1n) is 5.88. The SMILES string of the molecule is Cc1cnc(C2CCCCCCC2)[pH]1. The second-order valence-electron chi connectivity index (χ2n) is 4.49. The minimum atomic E-state index is 0.822. The molecular formula is C12H20NP. The highest BCUT2D eigenvalue weighted by Crippen LogP contribution is 2.35. The van der Waals surface area contributed by atoms with Gasteiger partial charge in [-0.05, 0) is 25.1 Å². The predicted octanol–water partition coefficient (Wildman–Crippen LogP) is 4.25. The topological polar surface area (TPSA) is 12.9 Å². The van der Waals surface area contributed by atoms with E-state index in [2.05, 4.69) is 18.1 Å². The van der Waals surface area contributed by atoms with Gasteiger partial charge in [0.2, 0.25) is 0 Å². The van der Waals surface area contributed by atoms with Crippen molar-refractivity contribution in [2.45, 2.75) is 57.8 Å². The van der Waals surface area contributed by atoms with Gasteiger partial charge in [0, 0.05) is 12.1 Å². The van der Waals surface area contributed by atoms with Gasteiger partial charge in [0.25, 0.3) is 0 Å². The highest BCUT2D eigenvalue weighted by atomic mass is 31.0. The van der Waals surface area contributed by atoms with E-state index >= 15 is 0 Å². The molecule has 0 bridgehead atoms. The van der Waals surface area contributed by atoms with Gasteiger partial charge in [-0.3, -0.25) is 4.98 Å². The van der Waals surface area contributed by atoms with E-state index in [4.69, 9.17) is 0 Å². The van der Waals surface area contributed by atoms with Crippen LogP contribution in [-0.4, -0.2) is 4.98 Å². The number of hydrogen-bond acceptors (Lipinski definition) is 1. The summed E-state index contributed by atoms with van der Waals surface area (Å²) in [4.78, 5) is 4.58. The van der Waals surface area contributed by atoms with E-state index in [1.165, 1.54) is 55.7 Å². The van der Waals surface area contributed by atoms with E-state index < -0.39 is 0 Å². The van der Waals surface area contributed by atoms with Gasteiger partial charge in [-0.15, -0.1) is 8.19 Å². The van der Waals surface area contributed by atoms with Crippen LogP contribution in [0.5, 0.6) is 0 Å². The van der Waals surface area contributed by atoms with Gasteiger partial charge in [-0.25, -0.2) is 0 Å². The Bertz CT molecular complexity index is 272. The zero-order valence-corrected chi connectivity index (χ0v) is 10.1. The minimum Gasteiger partial charge on any atom is -0.256 e. The monoisotopic (exact) mass is 209 g/mol. The van der Waals surface area contributed by atoms with Crippen LogP contribution in [0.2, 0.25) is 0 Å². The van der Waals surface area contributed by atoms with Crippen molar-refractivity contribution in [2.24, 2.45) is 0 Å². The fourth-order valence-corrected chi connectivity index (χ4v) is 3.53. The molecule has 0 radical (unpaired) electrons. The van der Waals surface area contributed by atoms with Crippen LogP contribution >= 0.6 is 8.19 Å². The van der Waals surface area contributed by atoms with E-state index in [1.807, 2.05) is 0 Å². The van der Waals surface area contributed by atoms with Crippen LogP contribution in [-0.2, 0) is 0 Å². The molecule has 1 aliphatic rings. The summed E-state index contributed by atoms with van der Waals surface area (Å²) in [6, 6.07) is 0. The van der Waals surface area contributed by atoms with Crippen LogP contribution in [0.25, 0.3) is 0 Å². The van der Waals surface area contributed by atoms with E-state index in [0.717, 1.165) is 14.1 Å². The Labute approximate surface area is 88.4 Å². The molecule has 0 aromatic carbocycles. The van der Waals surface area contributed by atoms with Gasteiger partial charge in [-0.1, -0.05) is 32.1 Å². The quantitative estimate of drug-likeness (QED) is 0.673. The second-order valence-corrected chi connectivity index (χ2v) is 6.04. The first-order chi connectivity index (χ1) is 6.86. The van der Waals surface area contributed by atoms with Crippen LogP contribution in [0.3, 0.4) is 0 Å². The van der Waals surface area contributed by atoms with E-state index in [1.54, 1.807) is 0 Å². The Morgan fingerprint density at radius 1 is 1.14 bits per heavy atom. The first kappa shape index (κ1) is 10.2. The zero-order chi connectivity index (χ0) is 9.80. The molecule has 1 nitrogen and oxygen atoms in total. The number of aryl methyl sites for hydroxylation is 1. The molecule has 0 amide bonds. The van der Waals surface area contributed by atoms with Gasteiger partial charge in [-0.2, -0.15) is 0 Å². The molecule has 0 spiro atoms. The minimum absolute atomic E-state index is 0.822. The lowest BCUT2D eigenvalue weighted by molar-refractivity contribution is 0.454. The highest BCUT2D eigenvalue weighted by Gasteiger charge is 2.15. The third kappa shape index (κ3) is 2.60. The average Bonchev–Trinajstić information content (AvgIpc) is 2.51. The molecule has 1 atom stereocenters. The summed E-state index contributed by atoms with van der Waals surface area (Å²) >= 11 is 0. The maximum Gasteiger partial charge on any atom is 0.0595 e. The standard InChI is InChI=1S/C12H20NP/c1-10-9-13-12(14-10)11-7-5-3-2-4-6-8-11/h9,11,14H,2-8H2,1H3. The summed E-state index contributed by atoms with van der Waals surface area (Å²) in [5, 5.41) is 1.47. The highest BCUT2D eigenvalue weighted by molar-refractivity contribution is 7.31. The summed E-state index contributed by atoms with van der Waals surface area (Å²) in [6.45, 7) is 2.21. The predicted molar refractivity (Wildman–Crippen MR) is 63.5 cm³/mol. The zero-order valence-electron chi connectivity index (χ0n) is 9.05. The van der Waals surface area contributed by atoms with Crippen LogP contribution in [0.4, 0.5) is 0 Å². The number of nitrogens with zero attached hydrogens (tertiary/aromatic N) is 1. The molecule has 0 saturated heterocycles. The molecule has 2 heteroatoms.